The molecule has 1 saturated carbocycles. The molecule has 2 atom stereocenters. The third-order valence-electron chi connectivity index (χ3n) is 6.93. The van der Waals surface area contributed by atoms with E-state index in [0.29, 0.717) is 28.6 Å². The lowest BCUT2D eigenvalue weighted by atomic mass is 9.92. The molecule has 3 aliphatic rings. The number of carbonyl (C=O) groups excluding carboxylic acids is 1. The number of ketones is 1. The molecule has 2 aliphatic heterocycles. The number of carbonyl (C=O) groups is 1. The van der Waals surface area contributed by atoms with Gasteiger partial charge in [-0.25, -0.2) is 4.98 Å². The highest BCUT2D eigenvalue weighted by Crippen LogP contribution is 2.54. The molecule has 164 valence electrons. The molecule has 7 nitrogen and oxygen atoms in total. The summed E-state index contributed by atoms with van der Waals surface area (Å²) < 4.78 is 5.51. The number of anilines is 1. The Morgan fingerprint density at radius 1 is 1.29 bits per heavy atom. The lowest BCUT2D eigenvalue weighted by molar-refractivity contribution is -0.122. The number of piperidine rings is 1. The minimum atomic E-state index is 0.0676. The average molecular weight is 442 g/mol. The van der Waals surface area contributed by atoms with Gasteiger partial charge in [0.05, 0.1) is 23.1 Å². The molecule has 31 heavy (non-hydrogen) atoms. The zero-order valence-corrected chi connectivity index (χ0v) is 18.3. The van der Waals surface area contributed by atoms with Crippen LogP contribution in [-0.4, -0.2) is 53.1 Å². The molecule has 0 aromatic carbocycles. The number of nitrogens with zero attached hydrogens (tertiary/aromatic N) is 3. The van der Waals surface area contributed by atoms with Crippen molar-refractivity contribution in [3.63, 3.8) is 0 Å². The molecule has 0 unspecified atom stereocenters. The number of pyridine rings is 1. The van der Waals surface area contributed by atoms with Crippen molar-refractivity contribution in [2.75, 3.05) is 31.6 Å². The molecule has 3 fully saturated rings. The van der Waals surface area contributed by atoms with Crippen LogP contribution in [0.1, 0.15) is 37.8 Å². The van der Waals surface area contributed by atoms with Crippen molar-refractivity contribution in [3.8, 4) is 11.3 Å². The van der Waals surface area contributed by atoms with Crippen molar-refractivity contribution in [2.45, 2.75) is 44.6 Å². The largest absolute Gasteiger partial charge is 0.381 e. The number of halogens is 1. The number of hydrogen-bond acceptors (Lipinski definition) is 7. The maximum Gasteiger partial charge on any atom is 0.145 e. The van der Waals surface area contributed by atoms with Crippen LogP contribution in [0.4, 0.5) is 5.82 Å². The average Bonchev–Trinajstić information content (AvgIpc) is 3.46. The van der Waals surface area contributed by atoms with Gasteiger partial charge in [0.15, 0.2) is 0 Å². The summed E-state index contributed by atoms with van der Waals surface area (Å²) in [6.45, 7) is 3.43. The number of ether oxygens (including phenoxy) is 1. The van der Waals surface area contributed by atoms with Gasteiger partial charge in [-0.3, -0.25) is 14.8 Å². The van der Waals surface area contributed by atoms with Gasteiger partial charge in [0.25, 0.3) is 0 Å². The Bertz CT molecular complexity index is 957. The lowest BCUT2D eigenvalue weighted by Gasteiger charge is -2.23. The Labute approximate surface area is 187 Å². The molecule has 2 aromatic heterocycles. The summed E-state index contributed by atoms with van der Waals surface area (Å²) in [5, 5.41) is 7.36. The van der Waals surface area contributed by atoms with Crippen LogP contribution in [0.5, 0.6) is 0 Å². The Morgan fingerprint density at radius 3 is 2.97 bits per heavy atom. The van der Waals surface area contributed by atoms with Crippen molar-refractivity contribution in [1.82, 2.24) is 20.3 Å². The second-order valence-electron chi connectivity index (χ2n) is 9.01. The molecule has 4 heterocycles. The van der Waals surface area contributed by atoms with Gasteiger partial charge in [0.1, 0.15) is 11.6 Å². The van der Waals surface area contributed by atoms with Crippen LogP contribution in [-0.2, 0) is 16.0 Å². The predicted molar refractivity (Wildman–Crippen MR) is 119 cm³/mol. The molecule has 1 aliphatic carbocycles. The van der Waals surface area contributed by atoms with Crippen LogP contribution in [0, 0.1) is 11.3 Å². The Balaban J connectivity index is 1.30. The first-order chi connectivity index (χ1) is 15.1. The Hall–Kier alpha value is -2.09. The van der Waals surface area contributed by atoms with Crippen molar-refractivity contribution in [2.24, 2.45) is 11.3 Å². The smallest absolute Gasteiger partial charge is 0.145 e. The summed E-state index contributed by atoms with van der Waals surface area (Å²) in [5.41, 5.74) is 2.52. The zero-order valence-electron chi connectivity index (χ0n) is 17.6. The van der Waals surface area contributed by atoms with Gasteiger partial charge in [-0.2, -0.15) is 0 Å². The maximum absolute atomic E-state index is 12.7. The van der Waals surface area contributed by atoms with E-state index in [9.17, 15) is 4.79 Å². The maximum atomic E-state index is 12.7. The van der Waals surface area contributed by atoms with E-state index in [-0.39, 0.29) is 11.7 Å². The van der Waals surface area contributed by atoms with E-state index in [1.807, 2.05) is 6.07 Å². The fraction of sp³-hybridized carbons (Fsp3) is 0.565. The number of aromatic nitrogens is 3. The highest BCUT2D eigenvalue weighted by molar-refractivity contribution is 6.33. The van der Waals surface area contributed by atoms with E-state index in [1.165, 1.54) is 0 Å². The highest BCUT2D eigenvalue weighted by Gasteiger charge is 2.54. The second-order valence-corrected chi connectivity index (χ2v) is 9.41. The molecular formula is C23H28ClN5O2. The van der Waals surface area contributed by atoms with Crippen molar-refractivity contribution < 1.29 is 9.53 Å². The van der Waals surface area contributed by atoms with Crippen LogP contribution in [0.15, 0.2) is 24.7 Å². The number of hydrogen-bond donors (Lipinski definition) is 2. The predicted octanol–water partition coefficient (Wildman–Crippen LogP) is 3.28. The standard InChI is InChI=1S/C23H28ClN5O2/c24-18-12-27-16(9-20(30)15-2-1-5-25-11-15)8-17(18)19-13-26-14-22(28-19)29-21-10-23(21)3-6-31-7-4-23/h8,12-15,21,25H,1-7,9-11H2,(H,28,29)/t15-,21-/m1/s1. The SMILES string of the molecule is O=C(Cc1cc(-c2cncc(N[C@@H]3CC34CCOCC4)n2)c(Cl)cn1)[C@@H]1CCCNC1. The van der Waals surface area contributed by atoms with Crippen molar-refractivity contribution in [1.29, 1.82) is 0 Å². The highest BCUT2D eigenvalue weighted by atomic mass is 35.5. The second kappa shape index (κ2) is 8.81. The minimum Gasteiger partial charge on any atom is -0.381 e. The molecule has 8 heteroatoms. The van der Waals surface area contributed by atoms with E-state index < -0.39 is 0 Å². The summed E-state index contributed by atoms with van der Waals surface area (Å²) in [7, 11) is 0. The lowest BCUT2D eigenvalue weighted by Crippen LogP contribution is -2.35. The molecular weight excluding hydrogens is 414 g/mol. The molecule has 2 aromatic rings. The molecule has 0 bridgehead atoms. The van der Waals surface area contributed by atoms with Gasteiger partial charge in [0, 0.05) is 55.6 Å². The molecule has 0 radical (unpaired) electrons. The first-order valence-electron chi connectivity index (χ1n) is 11.2. The van der Waals surface area contributed by atoms with E-state index in [1.54, 1.807) is 18.6 Å². The monoisotopic (exact) mass is 441 g/mol. The summed E-state index contributed by atoms with van der Waals surface area (Å²) in [4.78, 5) is 26.2. The van der Waals surface area contributed by atoms with Crippen LogP contribution >= 0.6 is 11.6 Å². The van der Waals surface area contributed by atoms with Crippen LogP contribution in [0.2, 0.25) is 5.02 Å². The zero-order chi connectivity index (χ0) is 21.3. The molecule has 5 rings (SSSR count). The normalized spacial score (nSPS) is 24.7. The van der Waals surface area contributed by atoms with Gasteiger partial charge < -0.3 is 15.4 Å². The van der Waals surface area contributed by atoms with Crippen LogP contribution < -0.4 is 10.6 Å². The van der Waals surface area contributed by atoms with E-state index >= 15 is 0 Å². The molecule has 2 N–H and O–H groups in total. The molecule has 1 spiro atoms. The fourth-order valence-electron chi connectivity index (χ4n) is 4.85. The quantitative estimate of drug-likeness (QED) is 0.710. The van der Waals surface area contributed by atoms with Gasteiger partial charge >= 0.3 is 0 Å². The van der Waals surface area contributed by atoms with Gasteiger partial charge in [-0.05, 0) is 50.1 Å². The van der Waals surface area contributed by atoms with Crippen LogP contribution in [0.3, 0.4) is 0 Å². The molecule has 2 saturated heterocycles. The molecule has 0 amide bonds. The number of nitrogens with one attached hydrogen (secondary N) is 2. The van der Waals surface area contributed by atoms with Crippen molar-refractivity contribution in [3.05, 3.63) is 35.4 Å². The van der Waals surface area contributed by atoms with Gasteiger partial charge in [-0.15, -0.1) is 0 Å². The number of rotatable bonds is 6. The Morgan fingerprint density at radius 2 is 2.16 bits per heavy atom. The Kier molecular flexibility index (Phi) is 5.91. The van der Waals surface area contributed by atoms with Gasteiger partial charge in [-0.1, -0.05) is 11.6 Å². The minimum absolute atomic E-state index is 0.0676. The summed E-state index contributed by atoms with van der Waals surface area (Å²) in [6.07, 6.45) is 10.7. The fourth-order valence-corrected chi connectivity index (χ4v) is 5.05. The number of Topliss-reactive ketones (excluding diaryl/α,β-unsaturated/α-hetero) is 1. The van der Waals surface area contributed by atoms with E-state index in [4.69, 9.17) is 21.3 Å². The third kappa shape index (κ3) is 4.59. The first kappa shape index (κ1) is 20.8. The van der Waals surface area contributed by atoms with Gasteiger partial charge in [0.2, 0.25) is 0 Å². The summed E-state index contributed by atoms with van der Waals surface area (Å²) >= 11 is 6.44. The topological polar surface area (TPSA) is 89.0 Å². The third-order valence-corrected chi connectivity index (χ3v) is 7.23. The van der Waals surface area contributed by atoms with E-state index in [0.717, 1.165) is 75.5 Å². The summed E-state index contributed by atoms with van der Waals surface area (Å²) in [6, 6.07) is 2.30. The van der Waals surface area contributed by atoms with Crippen molar-refractivity contribution >= 4 is 23.2 Å². The summed E-state index contributed by atoms with van der Waals surface area (Å²) in [5.74, 6) is 1.05. The van der Waals surface area contributed by atoms with Crippen LogP contribution in [0.25, 0.3) is 11.3 Å². The first-order valence-corrected chi connectivity index (χ1v) is 11.6. The van der Waals surface area contributed by atoms with E-state index in [2.05, 4.69) is 20.6 Å².